The molecule has 1 aromatic heterocycles. The van der Waals surface area contributed by atoms with E-state index < -0.39 is 0 Å². The molecule has 5 heteroatoms. The summed E-state index contributed by atoms with van der Waals surface area (Å²) in [6.07, 6.45) is 9.19. The van der Waals surface area contributed by atoms with Gasteiger partial charge in [0.25, 0.3) is 0 Å². The Labute approximate surface area is 119 Å². The van der Waals surface area contributed by atoms with Gasteiger partial charge in [0.15, 0.2) is 0 Å². The van der Waals surface area contributed by atoms with Crippen molar-refractivity contribution in [1.29, 1.82) is 5.41 Å². The zero-order valence-electron chi connectivity index (χ0n) is 11.3. The predicted molar refractivity (Wildman–Crippen MR) is 80.2 cm³/mol. The van der Waals surface area contributed by atoms with E-state index in [2.05, 4.69) is 9.88 Å². The molecule has 1 aliphatic rings. The number of pyridine rings is 1. The summed E-state index contributed by atoms with van der Waals surface area (Å²) in [6.45, 7) is 0. The molecule has 0 unspecified atom stereocenters. The second-order valence-corrected chi connectivity index (χ2v) is 5.54. The lowest BCUT2D eigenvalue weighted by Crippen LogP contribution is -2.32. The molecule has 0 aliphatic heterocycles. The Balaban J connectivity index is 2.25. The van der Waals surface area contributed by atoms with Gasteiger partial charge in [-0.2, -0.15) is 0 Å². The molecule has 104 valence electrons. The minimum Gasteiger partial charge on any atom is -0.384 e. The molecule has 1 aliphatic carbocycles. The van der Waals surface area contributed by atoms with Crippen LogP contribution in [0.1, 0.15) is 44.1 Å². The van der Waals surface area contributed by atoms with Gasteiger partial charge in [0.05, 0.1) is 5.02 Å². The maximum atomic E-state index is 7.54. The molecule has 4 nitrogen and oxygen atoms in total. The van der Waals surface area contributed by atoms with Gasteiger partial charge in [0.1, 0.15) is 11.7 Å². The van der Waals surface area contributed by atoms with E-state index in [0.29, 0.717) is 16.6 Å². The van der Waals surface area contributed by atoms with Crippen molar-refractivity contribution >= 4 is 23.3 Å². The summed E-state index contributed by atoms with van der Waals surface area (Å²) in [5.41, 5.74) is 6.10. The maximum Gasteiger partial charge on any atom is 0.148 e. The first-order valence-electron chi connectivity index (χ1n) is 6.83. The van der Waals surface area contributed by atoms with Crippen molar-refractivity contribution in [2.75, 3.05) is 11.9 Å². The standard InChI is InChI=1S/C14H21ClN4/c1-19(10-6-4-2-3-5-7-10)14-12(15)11(13(16)17)8-9-18-14/h8-10H,2-7H2,1H3,(H3,16,17). The fourth-order valence-electron chi connectivity index (χ4n) is 2.70. The van der Waals surface area contributed by atoms with Gasteiger partial charge >= 0.3 is 0 Å². The SMILES string of the molecule is CN(c1nccc(C(=N)N)c1Cl)C1CCCCCC1. The van der Waals surface area contributed by atoms with E-state index >= 15 is 0 Å². The first-order valence-corrected chi connectivity index (χ1v) is 7.20. The number of anilines is 1. The lowest BCUT2D eigenvalue weighted by molar-refractivity contribution is 0.549. The van der Waals surface area contributed by atoms with Gasteiger partial charge in [0, 0.05) is 24.8 Å². The van der Waals surface area contributed by atoms with Gasteiger partial charge in [-0.05, 0) is 18.9 Å². The third-order valence-corrected chi connectivity index (χ3v) is 4.24. The number of nitrogen functional groups attached to an aromatic ring is 1. The summed E-state index contributed by atoms with van der Waals surface area (Å²) in [6, 6.07) is 2.17. The van der Waals surface area contributed by atoms with Crippen molar-refractivity contribution in [1.82, 2.24) is 4.98 Å². The Hall–Kier alpha value is -1.29. The van der Waals surface area contributed by atoms with Crippen LogP contribution in [0.5, 0.6) is 0 Å². The van der Waals surface area contributed by atoms with E-state index in [-0.39, 0.29) is 5.84 Å². The van der Waals surface area contributed by atoms with E-state index in [1.165, 1.54) is 38.5 Å². The zero-order valence-corrected chi connectivity index (χ0v) is 12.1. The molecule has 1 aromatic rings. The van der Waals surface area contributed by atoms with E-state index in [1.54, 1.807) is 12.3 Å². The molecular formula is C14H21ClN4. The van der Waals surface area contributed by atoms with Crippen molar-refractivity contribution in [2.24, 2.45) is 5.73 Å². The number of amidine groups is 1. The molecule has 3 N–H and O–H groups in total. The highest BCUT2D eigenvalue weighted by molar-refractivity contribution is 6.36. The highest BCUT2D eigenvalue weighted by Gasteiger charge is 2.21. The number of nitrogens with two attached hydrogens (primary N) is 1. The summed E-state index contributed by atoms with van der Waals surface area (Å²) >= 11 is 6.33. The number of halogens is 1. The molecule has 19 heavy (non-hydrogen) atoms. The van der Waals surface area contributed by atoms with Crippen molar-refractivity contribution in [2.45, 2.75) is 44.6 Å². The van der Waals surface area contributed by atoms with Crippen LogP contribution in [0.4, 0.5) is 5.82 Å². The normalized spacial score (nSPS) is 16.9. The van der Waals surface area contributed by atoms with Crippen LogP contribution in [0.2, 0.25) is 5.02 Å². The minimum absolute atomic E-state index is 0.0112. The van der Waals surface area contributed by atoms with Crippen molar-refractivity contribution in [3.8, 4) is 0 Å². The molecule has 0 saturated heterocycles. The summed E-state index contributed by atoms with van der Waals surface area (Å²) in [4.78, 5) is 6.52. The van der Waals surface area contributed by atoms with E-state index in [0.717, 1.165) is 5.82 Å². The second kappa shape index (κ2) is 6.24. The zero-order chi connectivity index (χ0) is 13.8. The number of hydrogen-bond acceptors (Lipinski definition) is 3. The van der Waals surface area contributed by atoms with Gasteiger partial charge in [-0.15, -0.1) is 0 Å². The third kappa shape index (κ3) is 3.18. The van der Waals surface area contributed by atoms with Gasteiger partial charge < -0.3 is 10.6 Å². The number of nitrogens with zero attached hydrogens (tertiary/aromatic N) is 2. The molecule has 0 atom stereocenters. The molecule has 0 spiro atoms. The van der Waals surface area contributed by atoms with Crippen molar-refractivity contribution < 1.29 is 0 Å². The lowest BCUT2D eigenvalue weighted by atomic mass is 10.1. The van der Waals surface area contributed by atoms with Crippen LogP contribution in [0.15, 0.2) is 12.3 Å². The molecule has 0 aromatic carbocycles. The Bertz CT molecular complexity index is 453. The van der Waals surface area contributed by atoms with E-state index in [9.17, 15) is 0 Å². The van der Waals surface area contributed by atoms with Crippen LogP contribution in [0.3, 0.4) is 0 Å². The van der Waals surface area contributed by atoms with Gasteiger partial charge in [-0.25, -0.2) is 4.98 Å². The largest absolute Gasteiger partial charge is 0.384 e. The lowest BCUT2D eigenvalue weighted by Gasteiger charge is -2.29. The van der Waals surface area contributed by atoms with Gasteiger partial charge in [-0.3, -0.25) is 5.41 Å². The molecule has 1 fully saturated rings. The average Bonchev–Trinajstić information content (AvgIpc) is 2.66. The maximum absolute atomic E-state index is 7.54. The van der Waals surface area contributed by atoms with Crippen LogP contribution < -0.4 is 10.6 Å². The van der Waals surface area contributed by atoms with Crippen LogP contribution >= 0.6 is 11.6 Å². The molecule has 1 saturated carbocycles. The average molecular weight is 281 g/mol. The van der Waals surface area contributed by atoms with Gasteiger partial charge in [-0.1, -0.05) is 37.3 Å². The van der Waals surface area contributed by atoms with Crippen LogP contribution in [-0.4, -0.2) is 23.9 Å². The molecule has 0 radical (unpaired) electrons. The summed E-state index contributed by atoms with van der Waals surface area (Å²) < 4.78 is 0. The number of rotatable bonds is 3. The quantitative estimate of drug-likeness (QED) is 0.508. The summed E-state index contributed by atoms with van der Waals surface area (Å²) in [7, 11) is 2.04. The Morgan fingerprint density at radius 3 is 2.58 bits per heavy atom. The number of nitrogens with one attached hydrogen (secondary N) is 1. The summed E-state index contributed by atoms with van der Waals surface area (Å²) in [5, 5.41) is 8.03. The Kier molecular flexibility index (Phi) is 4.64. The fraction of sp³-hybridized carbons (Fsp3) is 0.571. The minimum atomic E-state index is -0.0112. The van der Waals surface area contributed by atoms with Crippen molar-refractivity contribution in [3.05, 3.63) is 22.8 Å². The third-order valence-electron chi connectivity index (χ3n) is 3.87. The van der Waals surface area contributed by atoms with Crippen molar-refractivity contribution in [3.63, 3.8) is 0 Å². The first-order chi connectivity index (χ1) is 9.11. The van der Waals surface area contributed by atoms with Gasteiger partial charge in [0.2, 0.25) is 0 Å². The highest BCUT2D eigenvalue weighted by Crippen LogP contribution is 2.30. The molecule has 0 amide bonds. The topological polar surface area (TPSA) is 66.0 Å². The second-order valence-electron chi connectivity index (χ2n) is 5.17. The fourth-order valence-corrected chi connectivity index (χ4v) is 3.05. The number of hydrogen-bond donors (Lipinski definition) is 2. The molecule has 1 heterocycles. The first kappa shape index (κ1) is 14.1. The Morgan fingerprint density at radius 2 is 2.00 bits per heavy atom. The van der Waals surface area contributed by atoms with Crippen LogP contribution in [0, 0.1) is 5.41 Å². The molecule has 0 bridgehead atoms. The number of aromatic nitrogens is 1. The van der Waals surface area contributed by atoms with E-state index in [4.69, 9.17) is 22.7 Å². The predicted octanol–water partition coefficient (Wildman–Crippen LogP) is 3.18. The summed E-state index contributed by atoms with van der Waals surface area (Å²) in [5.74, 6) is 0.726. The monoisotopic (exact) mass is 280 g/mol. The molecular weight excluding hydrogens is 260 g/mol. The smallest absolute Gasteiger partial charge is 0.148 e. The van der Waals surface area contributed by atoms with Crippen LogP contribution in [0.25, 0.3) is 0 Å². The molecule has 2 rings (SSSR count). The van der Waals surface area contributed by atoms with Crippen LogP contribution in [-0.2, 0) is 0 Å². The van der Waals surface area contributed by atoms with E-state index in [1.807, 2.05) is 7.05 Å². The highest BCUT2D eigenvalue weighted by atomic mass is 35.5. The Morgan fingerprint density at radius 1 is 1.37 bits per heavy atom.